The number of aryl methyl sites for hydroxylation is 1. The van der Waals surface area contributed by atoms with Crippen molar-refractivity contribution >= 4 is 17.4 Å². The number of amides is 1. The van der Waals surface area contributed by atoms with E-state index in [1.54, 1.807) is 6.20 Å². The molecule has 0 aromatic carbocycles. The van der Waals surface area contributed by atoms with Crippen LogP contribution in [0.15, 0.2) is 12.3 Å². The number of hydrogen-bond acceptors (Lipinski definition) is 3. The van der Waals surface area contributed by atoms with E-state index < -0.39 is 0 Å². The zero-order valence-corrected chi connectivity index (χ0v) is 7.66. The molecular formula is C9H11N3O. The molecule has 1 amide bonds. The fourth-order valence-corrected chi connectivity index (χ4v) is 1.46. The topological polar surface area (TPSA) is 45.2 Å². The normalized spacial score (nSPS) is 15.2. The van der Waals surface area contributed by atoms with E-state index in [1.165, 1.54) is 0 Å². The van der Waals surface area contributed by atoms with Crippen LogP contribution in [0.4, 0.5) is 11.5 Å². The lowest BCUT2D eigenvalue weighted by Crippen LogP contribution is -2.36. The highest BCUT2D eigenvalue weighted by Gasteiger charge is 2.20. The van der Waals surface area contributed by atoms with Gasteiger partial charge >= 0.3 is 0 Å². The van der Waals surface area contributed by atoms with Gasteiger partial charge in [-0.2, -0.15) is 0 Å². The Bertz CT molecular complexity index is 362. The maximum atomic E-state index is 11.2. The van der Waals surface area contributed by atoms with Crippen LogP contribution in [-0.4, -0.2) is 24.5 Å². The highest BCUT2D eigenvalue weighted by atomic mass is 16.2. The van der Waals surface area contributed by atoms with E-state index in [-0.39, 0.29) is 5.91 Å². The van der Waals surface area contributed by atoms with E-state index >= 15 is 0 Å². The van der Waals surface area contributed by atoms with Crippen LogP contribution in [0.2, 0.25) is 0 Å². The molecule has 4 heteroatoms. The molecule has 0 bridgehead atoms. The van der Waals surface area contributed by atoms with Crippen molar-refractivity contribution in [2.24, 2.45) is 0 Å². The Hall–Kier alpha value is -1.58. The average molecular weight is 177 g/mol. The number of nitrogens with zero attached hydrogens (tertiary/aromatic N) is 2. The van der Waals surface area contributed by atoms with Gasteiger partial charge in [0.25, 0.3) is 0 Å². The predicted molar refractivity (Wildman–Crippen MR) is 50.9 cm³/mol. The average Bonchev–Trinajstić information content (AvgIpc) is 2.07. The van der Waals surface area contributed by atoms with Crippen LogP contribution in [0.1, 0.15) is 5.56 Å². The van der Waals surface area contributed by atoms with Crippen molar-refractivity contribution in [3.63, 3.8) is 0 Å². The minimum Gasteiger partial charge on any atom is -0.349 e. The van der Waals surface area contributed by atoms with Crippen molar-refractivity contribution in [1.82, 2.24) is 4.98 Å². The Kier molecular flexibility index (Phi) is 1.69. The van der Waals surface area contributed by atoms with E-state index in [0.717, 1.165) is 17.1 Å². The molecule has 0 aliphatic carbocycles. The minimum atomic E-state index is 0.0195. The third-order valence-corrected chi connectivity index (χ3v) is 2.15. The lowest BCUT2D eigenvalue weighted by atomic mass is 10.2. The summed E-state index contributed by atoms with van der Waals surface area (Å²) in [5.74, 6) is 0.866. The number of hydrogen-bond donors (Lipinski definition) is 1. The van der Waals surface area contributed by atoms with Gasteiger partial charge in [-0.25, -0.2) is 4.98 Å². The Morgan fingerprint density at radius 2 is 2.38 bits per heavy atom. The third-order valence-electron chi connectivity index (χ3n) is 2.15. The molecular weight excluding hydrogens is 166 g/mol. The van der Waals surface area contributed by atoms with Gasteiger partial charge in [-0.3, -0.25) is 4.79 Å². The number of likely N-dealkylation sites (N-methyl/N-ethyl adjacent to an activating group) is 1. The summed E-state index contributed by atoms with van der Waals surface area (Å²) in [7, 11) is 1.87. The Balaban J connectivity index is 2.54. The first-order valence-corrected chi connectivity index (χ1v) is 4.15. The van der Waals surface area contributed by atoms with Gasteiger partial charge in [0.2, 0.25) is 5.91 Å². The number of pyridine rings is 1. The number of carbonyl (C=O) groups excluding carboxylic acids is 1. The van der Waals surface area contributed by atoms with Crippen LogP contribution in [0.5, 0.6) is 0 Å². The van der Waals surface area contributed by atoms with E-state index in [9.17, 15) is 4.79 Å². The van der Waals surface area contributed by atoms with Crippen molar-refractivity contribution in [2.45, 2.75) is 6.92 Å². The lowest BCUT2D eigenvalue weighted by molar-refractivity contribution is -0.115. The van der Waals surface area contributed by atoms with Crippen molar-refractivity contribution in [3.05, 3.63) is 17.8 Å². The van der Waals surface area contributed by atoms with E-state index in [4.69, 9.17) is 0 Å². The third kappa shape index (κ3) is 1.24. The first-order chi connectivity index (χ1) is 6.18. The molecule has 1 aromatic heterocycles. The number of anilines is 2. The first-order valence-electron chi connectivity index (χ1n) is 4.15. The molecule has 0 saturated carbocycles. The maximum Gasteiger partial charge on any atom is 0.244 e. The fraction of sp³-hybridized carbons (Fsp3) is 0.333. The Morgan fingerprint density at radius 3 is 3.15 bits per heavy atom. The first kappa shape index (κ1) is 8.04. The fourth-order valence-electron chi connectivity index (χ4n) is 1.46. The summed E-state index contributed by atoms with van der Waals surface area (Å²) >= 11 is 0. The van der Waals surface area contributed by atoms with Crippen LogP contribution in [0, 0.1) is 6.92 Å². The Morgan fingerprint density at radius 1 is 1.62 bits per heavy atom. The van der Waals surface area contributed by atoms with Crippen molar-refractivity contribution in [3.8, 4) is 0 Å². The van der Waals surface area contributed by atoms with Gasteiger partial charge < -0.3 is 10.2 Å². The SMILES string of the molecule is Cc1ccnc2c1NC(=O)CN2C. The highest BCUT2D eigenvalue weighted by molar-refractivity contribution is 6.00. The van der Waals surface area contributed by atoms with Crippen molar-refractivity contribution in [1.29, 1.82) is 0 Å². The molecule has 2 rings (SSSR count). The molecule has 0 spiro atoms. The van der Waals surface area contributed by atoms with Gasteiger partial charge in [-0.15, -0.1) is 0 Å². The van der Waals surface area contributed by atoms with Crippen LogP contribution in [0.3, 0.4) is 0 Å². The second-order valence-electron chi connectivity index (χ2n) is 3.23. The molecule has 2 heterocycles. The summed E-state index contributed by atoms with van der Waals surface area (Å²) in [5.41, 5.74) is 1.88. The van der Waals surface area contributed by atoms with Gasteiger partial charge in [0, 0.05) is 13.2 Å². The largest absolute Gasteiger partial charge is 0.349 e. The van der Waals surface area contributed by atoms with E-state index in [1.807, 2.05) is 24.9 Å². The van der Waals surface area contributed by atoms with E-state index in [2.05, 4.69) is 10.3 Å². The summed E-state index contributed by atoms with van der Waals surface area (Å²) in [6.07, 6.45) is 1.75. The summed E-state index contributed by atoms with van der Waals surface area (Å²) in [6.45, 7) is 2.34. The molecule has 0 atom stereocenters. The van der Waals surface area contributed by atoms with Crippen LogP contribution >= 0.6 is 0 Å². The van der Waals surface area contributed by atoms with Gasteiger partial charge in [0.1, 0.15) is 0 Å². The molecule has 4 nitrogen and oxygen atoms in total. The molecule has 1 aliphatic heterocycles. The lowest BCUT2D eigenvalue weighted by Gasteiger charge is -2.26. The molecule has 1 aromatic rings. The number of carbonyl (C=O) groups is 1. The van der Waals surface area contributed by atoms with Gasteiger partial charge in [-0.05, 0) is 18.6 Å². The number of nitrogens with one attached hydrogen (secondary N) is 1. The summed E-state index contributed by atoms with van der Waals surface area (Å²) in [4.78, 5) is 17.3. The van der Waals surface area contributed by atoms with Crippen LogP contribution in [0.25, 0.3) is 0 Å². The van der Waals surface area contributed by atoms with Gasteiger partial charge in [-0.1, -0.05) is 0 Å². The quantitative estimate of drug-likeness (QED) is 0.637. The number of rotatable bonds is 0. The Labute approximate surface area is 76.6 Å². The molecule has 1 aliphatic rings. The van der Waals surface area contributed by atoms with Crippen molar-refractivity contribution in [2.75, 3.05) is 23.8 Å². The zero-order valence-electron chi connectivity index (χ0n) is 7.66. The smallest absolute Gasteiger partial charge is 0.244 e. The summed E-state index contributed by atoms with van der Waals surface area (Å²) in [5, 5.41) is 2.82. The zero-order chi connectivity index (χ0) is 9.42. The molecule has 68 valence electrons. The second kappa shape index (κ2) is 2.73. The van der Waals surface area contributed by atoms with Gasteiger partial charge in [0.05, 0.1) is 12.2 Å². The maximum absolute atomic E-state index is 11.2. The second-order valence-corrected chi connectivity index (χ2v) is 3.23. The highest BCUT2D eigenvalue weighted by Crippen LogP contribution is 2.28. The van der Waals surface area contributed by atoms with E-state index in [0.29, 0.717) is 6.54 Å². The number of aromatic nitrogens is 1. The molecule has 0 unspecified atom stereocenters. The van der Waals surface area contributed by atoms with Crippen LogP contribution < -0.4 is 10.2 Å². The molecule has 13 heavy (non-hydrogen) atoms. The standard InChI is InChI=1S/C9H11N3O/c1-6-3-4-10-9-8(6)11-7(13)5-12(9)2/h3-4H,5H2,1-2H3,(H,11,13). The van der Waals surface area contributed by atoms with Crippen molar-refractivity contribution < 1.29 is 4.79 Å². The predicted octanol–water partition coefficient (Wildman–Crippen LogP) is 0.778. The van der Waals surface area contributed by atoms with Crippen LogP contribution in [-0.2, 0) is 4.79 Å². The molecule has 0 radical (unpaired) electrons. The van der Waals surface area contributed by atoms with Gasteiger partial charge in [0.15, 0.2) is 5.82 Å². The molecule has 0 fully saturated rings. The molecule has 1 N–H and O–H groups in total. The number of fused-ring (bicyclic) bond motifs is 1. The monoisotopic (exact) mass is 177 g/mol. The summed E-state index contributed by atoms with van der Waals surface area (Å²) in [6, 6.07) is 1.89. The minimum absolute atomic E-state index is 0.0195. The summed E-state index contributed by atoms with van der Waals surface area (Å²) < 4.78 is 0. The molecule has 0 saturated heterocycles.